The summed E-state index contributed by atoms with van der Waals surface area (Å²) in [5.74, 6) is -3.81. The van der Waals surface area contributed by atoms with Crippen LogP contribution in [0.1, 0.15) is 38.7 Å². The lowest BCUT2D eigenvalue weighted by molar-refractivity contribution is -0.143. The number of aliphatic carboxylic acids is 1. The fourth-order valence-corrected chi connectivity index (χ4v) is 4.07. The van der Waals surface area contributed by atoms with E-state index in [9.17, 15) is 29.4 Å². The Labute approximate surface area is 232 Å². The number of benzene rings is 1. The van der Waals surface area contributed by atoms with Crippen LogP contribution in [0.2, 0.25) is 0 Å². The van der Waals surface area contributed by atoms with E-state index in [1.165, 1.54) is 0 Å². The first-order valence-corrected chi connectivity index (χ1v) is 13.1. The molecule has 1 heterocycles. The van der Waals surface area contributed by atoms with Gasteiger partial charge < -0.3 is 48.3 Å². The molecule has 5 atom stereocenters. The number of rotatable bonds is 16. The Balaban J connectivity index is 2.24. The Morgan fingerprint density at radius 3 is 2.33 bits per heavy atom. The monoisotopic (exact) mass is 560 g/mol. The number of hydrogen-bond acceptors (Lipinski definition) is 7. The highest BCUT2D eigenvalue weighted by molar-refractivity contribution is 5.95. The summed E-state index contributed by atoms with van der Waals surface area (Å²) >= 11 is 0. The Morgan fingerprint density at radius 1 is 1.02 bits per heavy atom. The van der Waals surface area contributed by atoms with Gasteiger partial charge in [0, 0.05) is 30.1 Å². The number of H-pyrrole nitrogens is 1. The van der Waals surface area contributed by atoms with Gasteiger partial charge in [-0.15, -0.1) is 0 Å². The van der Waals surface area contributed by atoms with Crippen molar-refractivity contribution in [1.29, 1.82) is 0 Å². The van der Waals surface area contributed by atoms with Crippen molar-refractivity contribution in [2.75, 3.05) is 13.2 Å². The van der Waals surface area contributed by atoms with Gasteiger partial charge in [0.1, 0.15) is 24.2 Å². The van der Waals surface area contributed by atoms with E-state index in [-0.39, 0.29) is 31.3 Å². The lowest BCUT2D eigenvalue weighted by Gasteiger charge is -2.28. The Morgan fingerprint density at radius 2 is 1.70 bits per heavy atom. The van der Waals surface area contributed by atoms with Crippen LogP contribution in [0.4, 0.5) is 0 Å². The van der Waals surface area contributed by atoms with Crippen LogP contribution >= 0.6 is 0 Å². The number of hydrogen-bond donors (Lipinski definition) is 9. The predicted molar refractivity (Wildman–Crippen MR) is 150 cm³/mol. The summed E-state index contributed by atoms with van der Waals surface area (Å²) in [6.07, 6.45) is 2.66. The van der Waals surface area contributed by atoms with Crippen molar-refractivity contribution in [2.45, 2.75) is 63.7 Å². The summed E-state index contributed by atoms with van der Waals surface area (Å²) in [5.41, 5.74) is 17.8. The average Bonchev–Trinajstić information content (AvgIpc) is 3.34. The van der Waals surface area contributed by atoms with E-state index in [2.05, 4.69) is 25.9 Å². The molecule has 220 valence electrons. The molecule has 2 aromatic rings. The fraction of sp³-hybridized carbons (Fsp3) is 0.500. The number of para-hydroxylation sites is 1. The van der Waals surface area contributed by atoms with Gasteiger partial charge >= 0.3 is 5.97 Å². The minimum atomic E-state index is -1.25. The molecule has 40 heavy (non-hydrogen) atoms. The SMILES string of the molecule is CCC(C)C(NC(=O)C(Cc1c[nH]c2ccccc12)NC(=O)C(N)CO)C(=O)NC(CCCN=C(N)N)C(=O)O. The van der Waals surface area contributed by atoms with E-state index in [0.29, 0.717) is 12.8 Å². The molecular weight excluding hydrogens is 520 g/mol. The van der Waals surface area contributed by atoms with Gasteiger partial charge in [-0.1, -0.05) is 38.5 Å². The average molecular weight is 561 g/mol. The van der Waals surface area contributed by atoms with Crippen molar-refractivity contribution < 1.29 is 29.4 Å². The maximum Gasteiger partial charge on any atom is 0.326 e. The molecule has 3 amide bonds. The molecule has 0 aliphatic heterocycles. The summed E-state index contributed by atoms with van der Waals surface area (Å²) in [4.78, 5) is 58.0. The lowest BCUT2D eigenvalue weighted by atomic mass is 9.96. The van der Waals surface area contributed by atoms with Crippen LogP contribution < -0.4 is 33.2 Å². The van der Waals surface area contributed by atoms with E-state index < -0.39 is 54.5 Å². The van der Waals surface area contributed by atoms with E-state index in [1.807, 2.05) is 31.2 Å². The number of nitrogens with zero attached hydrogens (tertiary/aromatic N) is 1. The number of carboxylic acid groups (broad SMARTS) is 1. The second kappa shape index (κ2) is 15.4. The zero-order valence-electron chi connectivity index (χ0n) is 22.7. The van der Waals surface area contributed by atoms with Gasteiger partial charge in [-0.05, 0) is 30.4 Å². The molecule has 2 rings (SSSR count). The Hall–Kier alpha value is -4.17. The summed E-state index contributed by atoms with van der Waals surface area (Å²) in [7, 11) is 0. The number of carbonyl (C=O) groups excluding carboxylic acids is 3. The number of nitrogens with two attached hydrogens (primary N) is 3. The number of carboxylic acids is 1. The molecule has 0 aliphatic carbocycles. The number of guanidine groups is 1. The smallest absolute Gasteiger partial charge is 0.326 e. The summed E-state index contributed by atoms with van der Waals surface area (Å²) in [6.45, 7) is 3.14. The molecular formula is C26H40N8O6. The third kappa shape index (κ3) is 9.24. The van der Waals surface area contributed by atoms with Gasteiger partial charge in [0.2, 0.25) is 17.7 Å². The van der Waals surface area contributed by atoms with Gasteiger partial charge in [-0.2, -0.15) is 0 Å². The molecule has 12 N–H and O–H groups in total. The van der Waals surface area contributed by atoms with Gasteiger partial charge in [-0.25, -0.2) is 4.79 Å². The number of aliphatic hydroxyl groups is 1. The maximum absolute atomic E-state index is 13.5. The molecule has 14 heteroatoms. The third-order valence-electron chi connectivity index (χ3n) is 6.62. The van der Waals surface area contributed by atoms with E-state index in [1.54, 1.807) is 13.1 Å². The van der Waals surface area contributed by atoms with Crippen LogP contribution in [0, 0.1) is 5.92 Å². The van der Waals surface area contributed by atoms with Gasteiger partial charge in [0.25, 0.3) is 0 Å². The molecule has 0 fully saturated rings. The molecule has 0 bridgehead atoms. The lowest BCUT2D eigenvalue weighted by Crippen LogP contribution is -2.59. The topological polar surface area (TPSA) is 251 Å². The number of nitrogens with one attached hydrogen (secondary N) is 4. The summed E-state index contributed by atoms with van der Waals surface area (Å²) in [6, 6.07) is 2.73. The predicted octanol–water partition coefficient (Wildman–Crippen LogP) is -1.33. The molecule has 0 saturated carbocycles. The van der Waals surface area contributed by atoms with Crippen LogP contribution in [0.5, 0.6) is 0 Å². The van der Waals surface area contributed by atoms with Crippen molar-refractivity contribution in [2.24, 2.45) is 28.1 Å². The van der Waals surface area contributed by atoms with Crippen molar-refractivity contribution in [1.82, 2.24) is 20.9 Å². The summed E-state index contributed by atoms with van der Waals surface area (Å²) < 4.78 is 0. The number of carbonyl (C=O) groups is 4. The van der Waals surface area contributed by atoms with E-state index >= 15 is 0 Å². The van der Waals surface area contributed by atoms with Crippen LogP contribution in [0.15, 0.2) is 35.5 Å². The number of aliphatic hydroxyl groups excluding tert-OH is 1. The van der Waals surface area contributed by atoms with E-state index in [4.69, 9.17) is 17.2 Å². The number of aromatic nitrogens is 1. The summed E-state index contributed by atoms with van der Waals surface area (Å²) in [5, 5.41) is 27.5. The fourth-order valence-electron chi connectivity index (χ4n) is 4.07. The first-order valence-electron chi connectivity index (χ1n) is 13.1. The van der Waals surface area contributed by atoms with Gasteiger partial charge in [0.15, 0.2) is 5.96 Å². The van der Waals surface area contributed by atoms with Crippen LogP contribution in [-0.2, 0) is 25.6 Å². The molecule has 0 aliphatic rings. The maximum atomic E-state index is 13.5. The number of aromatic amines is 1. The highest BCUT2D eigenvalue weighted by Crippen LogP contribution is 2.19. The van der Waals surface area contributed by atoms with Crippen molar-refractivity contribution in [3.63, 3.8) is 0 Å². The van der Waals surface area contributed by atoms with Gasteiger partial charge in [0.05, 0.1) is 6.61 Å². The Kier molecular flexibility index (Phi) is 12.4. The van der Waals surface area contributed by atoms with Crippen molar-refractivity contribution in [3.8, 4) is 0 Å². The molecule has 5 unspecified atom stereocenters. The molecule has 1 aromatic heterocycles. The number of amides is 3. The largest absolute Gasteiger partial charge is 0.480 e. The van der Waals surface area contributed by atoms with E-state index in [0.717, 1.165) is 16.5 Å². The molecule has 0 radical (unpaired) electrons. The molecule has 1 aromatic carbocycles. The second-order valence-electron chi connectivity index (χ2n) is 9.63. The molecule has 0 saturated heterocycles. The zero-order valence-corrected chi connectivity index (χ0v) is 22.7. The number of aliphatic imine (C=N–C) groups is 1. The number of fused-ring (bicyclic) bond motifs is 1. The quantitative estimate of drug-likeness (QED) is 0.0669. The zero-order chi connectivity index (χ0) is 29.8. The first kappa shape index (κ1) is 32.0. The molecule has 14 nitrogen and oxygen atoms in total. The Bertz CT molecular complexity index is 1190. The van der Waals surface area contributed by atoms with Crippen LogP contribution in [0.3, 0.4) is 0 Å². The van der Waals surface area contributed by atoms with Crippen LogP contribution in [-0.4, -0.2) is 82.2 Å². The second-order valence-corrected chi connectivity index (χ2v) is 9.63. The highest BCUT2D eigenvalue weighted by atomic mass is 16.4. The first-order chi connectivity index (χ1) is 19.0. The molecule has 0 spiro atoms. The van der Waals surface area contributed by atoms with Gasteiger partial charge in [-0.3, -0.25) is 19.4 Å². The normalized spacial score (nSPS) is 14.8. The highest BCUT2D eigenvalue weighted by Gasteiger charge is 2.33. The third-order valence-corrected chi connectivity index (χ3v) is 6.62. The van der Waals surface area contributed by atoms with Crippen molar-refractivity contribution >= 4 is 40.6 Å². The minimum Gasteiger partial charge on any atom is -0.480 e. The van der Waals surface area contributed by atoms with Crippen LogP contribution in [0.25, 0.3) is 10.9 Å². The standard InChI is InChI=1S/C26H40N8O6/c1-3-14(2)21(24(38)32-19(25(39)40)9-6-10-30-26(28)29)34-23(37)20(33-22(36)17(27)13-35)11-15-12-31-18-8-5-4-7-16(15)18/h4-5,7-8,12,14,17,19-21,31,35H,3,6,9-11,13,27H2,1-2H3,(H,32,38)(H,33,36)(H,34,37)(H,39,40)(H4,28,29,30). The minimum absolute atomic E-state index is 0.0666. The van der Waals surface area contributed by atoms with Crippen molar-refractivity contribution in [3.05, 3.63) is 36.0 Å².